The molecule has 0 spiro atoms. The second-order valence-electron chi connectivity index (χ2n) is 4.87. The van der Waals surface area contributed by atoms with Crippen molar-refractivity contribution in [2.75, 3.05) is 5.38 Å². The Morgan fingerprint density at radius 2 is 1.56 bits per heavy atom. The van der Waals surface area contributed by atoms with E-state index in [0.717, 1.165) is 22.4 Å². The summed E-state index contributed by atoms with van der Waals surface area (Å²) in [7, 11) is -1.15. The van der Waals surface area contributed by atoms with Crippen LogP contribution in [0, 0.1) is 0 Å². The van der Waals surface area contributed by atoms with Gasteiger partial charge in [0, 0.05) is 4.90 Å². The molecular weight excluding hydrogens is 249 g/mol. The van der Waals surface area contributed by atoms with Gasteiger partial charge < -0.3 is 0 Å². The minimum absolute atomic E-state index is 0.579. The molecule has 0 N–H and O–H groups in total. The van der Waals surface area contributed by atoms with E-state index < -0.39 is 19.8 Å². The van der Waals surface area contributed by atoms with Crippen molar-refractivity contribution in [2.24, 2.45) is 0 Å². The fraction of sp³-hybridized carbons (Fsp3) is 0.455. The molecule has 5 heteroatoms. The maximum Gasteiger partial charge on any atom is 0.416 e. The van der Waals surface area contributed by atoms with Crippen LogP contribution in [0.25, 0.3) is 0 Å². The van der Waals surface area contributed by atoms with Crippen LogP contribution in [-0.2, 0) is 6.18 Å². The van der Waals surface area contributed by atoms with Crippen LogP contribution in [-0.4, -0.2) is 13.5 Å². The number of halogens is 3. The van der Waals surface area contributed by atoms with Crippen LogP contribution in [0.2, 0.25) is 19.6 Å². The highest BCUT2D eigenvalue weighted by atomic mass is 32.2. The van der Waals surface area contributed by atoms with E-state index in [4.69, 9.17) is 0 Å². The van der Waals surface area contributed by atoms with Crippen molar-refractivity contribution in [1.29, 1.82) is 0 Å². The lowest BCUT2D eigenvalue weighted by Crippen LogP contribution is -2.23. The van der Waals surface area contributed by atoms with Gasteiger partial charge in [-0.05, 0) is 29.6 Å². The van der Waals surface area contributed by atoms with Gasteiger partial charge in [0.15, 0.2) is 0 Å². The fourth-order valence-corrected chi connectivity index (χ4v) is 3.77. The molecule has 1 rings (SSSR count). The second-order valence-corrected chi connectivity index (χ2v) is 11.9. The van der Waals surface area contributed by atoms with Crippen LogP contribution in [0.15, 0.2) is 29.2 Å². The number of rotatable bonds is 3. The third kappa shape index (κ3) is 4.61. The zero-order valence-corrected chi connectivity index (χ0v) is 11.4. The molecule has 1 aromatic carbocycles. The van der Waals surface area contributed by atoms with Crippen LogP contribution in [0.5, 0.6) is 0 Å². The molecule has 16 heavy (non-hydrogen) atoms. The summed E-state index contributed by atoms with van der Waals surface area (Å²) in [5.41, 5.74) is -0.579. The number of hydrogen-bond donors (Lipinski definition) is 0. The first-order valence-corrected chi connectivity index (χ1v) is 9.68. The number of hydrogen-bond acceptors (Lipinski definition) is 1. The van der Waals surface area contributed by atoms with Crippen LogP contribution in [0.4, 0.5) is 13.2 Å². The molecule has 0 radical (unpaired) electrons. The van der Waals surface area contributed by atoms with Gasteiger partial charge in [0.1, 0.15) is 0 Å². The monoisotopic (exact) mass is 264 g/mol. The third-order valence-electron chi connectivity index (χ3n) is 1.85. The average Bonchev–Trinajstić information content (AvgIpc) is 2.13. The van der Waals surface area contributed by atoms with Gasteiger partial charge >= 0.3 is 6.18 Å². The Morgan fingerprint density at radius 3 is 1.94 bits per heavy atom. The van der Waals surface area contributed by atoms with Crippen molar-refractivity contribution in [2.45, 2.75) is 30.7 Å². The Bertz CT molecular complexity index is 338. The van der Waals surface area contributed by atoms with Crippen molar-refractivity contribution < 1.29 is 13.2 Å². The predicted octanol–water partition coefficient (Wildman–Crippen LogP) is 4.67. The molecule has 0 unspecified atom stereocenters. The van der Waals surface area contributed by atoms with Crippen molar-refractivity contribution in [3.05, 3.63) is 29.8 Å². The summed E-state index contributed by atoms with van der Waals surface area (Å²) in [6.07, 6.45) is -4.23. The van der Waals surface area contributed by atoms with E-state index in [-0.39, 0.29) is 0 Å². The minimum atomic E-state index is -4.23. The van der Waals surface area contributed by atoms with E-state index in [2.05, 4.69) is 19.6 Å². The topological polar surface area (TPSA) is 0 Å². The van der Waals surface area contributed by atoms with Gasteiger partial charge in [-0.2, -0.15) is 13.2 Å². The minimum Gasteiger partial charge on any atom is -0.166 e. The lowest BCUT2D eigenvalue weighted by atomic mass is 10.2. The molecule has 0 saturated carbocycles. The van der Waals surface area contributed by atoms with Gasteiger partial charge in [-0.3, -0.25) is 0 Å². The molecule has 0 atom stereocenters. The number of alkyl halides is 3. The van der Waals surface area contributed by atoms with E-state index in [1.54, 1.807) is 23.9 Å². The van der Waals surface area contributed by atoms with Crippen molar-refractivity contribution in [1.82, 2.24) is 0 Å². The van der Waals surface area contributed by atoms with Crippen molar-refractivity contribution in [3.8, 4) is 0 Å². The van der Waals surface area contributed by atoms with Crippen molar-refractivity contribution in [3.63, 3.8) is 0 Å². The predicted molar refractivity (Wildman–Crippen MR) is 65.5 cm³/mol. The molecule has 0 nitrogen and oxygen atoms in total. The molecule has 0 bridgehead atoms. The molecule has 0 aromatic heterocycles. The smallest absolute Gasteiger partial charge is 0.166 e. The Balaban J connectivity index is 2.66. The van der Waals surface area contributed by atoms with Crippen LogP contribution < -0.4 is 0 Å². The standard InChI is InChI=1S/C11H15F3SSi/c1-16(2,3)8-15-10-6-4-9(5-7-10)11(12,13)14/h4-7H,8H2,1-3H3. The normalized spacial score (nSPS) is 12.9. The zero-order chi connectivity index (χ0) is 12.4. The SMILES string of the molecule is C[Si](C)(C)CSc1ccc(C(F)(F)F)cc1. The van der Waals surface area contributed by atoms with Crippen LogP contribution in [0.3, 0.4) is 0 Å². The summed E-state index contributed by atoms with van der Waals surface area (Å²) in [5, 5.41) is 1.03. The molecule has 0 aliphatic carbocycles. The Labute approximate surface area is 99.3 Å². The van der Waals surface area contributed by atoms with E-state index in [9.17, 15) is 13.2 Å². The maximum atomic E-state index is 12.3. The first-order valence-electron chi connectivity index (χ1n) is 4.98. The Morgan fingerprint density at radius 1 is 1.06 bits per heavy atom. The number of thioether (sulfide) groups is 1. The Kier molecular flexibility index (Phi) is 4.12. The van der Waals surface area contributed by atoms with Crippen LogP contribution in [0.1, 0.15) is 5.56 Å². The lowest BCUT2D eigenvalue weighted by Gasteiger charge is -2.15. The molecular formula is C11H15F3SSi. The van der Waals surface area contributed by atoms with Crippen LogP contribution >= 0.6 is 11.8 Å². The molecule has 0 aliphatic heterocycles. The maximum absolute atomic E-state index is 12.3. The zero-order valence-electron chi connectivity index (χ0n) is 9.56. The van der Waals surface area contributed by atoms with Gasteiger partial charge in [-0.15, -0.1) is 11.8 Å². The molecule has 90 valence electrons. The molecule has 0 fully saturated rings. The van der Waals surface area contributed by atoms with E-state index in [0.29, 0.717) is 0 Å². The second kappa shape index (κ2) is 4.83. The average molecular weight is 264 g/mol. The highest BCUT2D eigenvalue weighted by Gasteiger charge is 2.29. The molecule has 0 heterocycles. The third-order valence-corrected chi connectivity index (χ3v) is 6.50. The first-order chi connectivity index (χ1) is 7.18. The van der Waals surface area contributed by atoms with Gasteiger partial charge in [-0.1, -0.05) is 19.6 Å². The van der Waals surface area contributed by atoms with E-state index in [1.165, 1.54) is 0 Å². The van der Waals surface area contributed by atoms with Gasteiger partial charge in [0.25, 0.3) is 0 Å². The molecule has 0 saturated heterocycles. The fourth-order valence-electron chi connectivity index (χ4n) is 1.04. The summed E-state index contributed by atoms with van der Waals surface area (Å²) >= 11 is 1.64. The van der Waals surface area contributed by atoms with Crippen molar-refractivity contribution >= 4 is 19.8 Å². The van der Waals surface area contributed by atoms with E-state index in [1.807, 2.05) is 0 Å². The van der Waals surface area contributed by atoms with E-state index >= 15 is 0 Å². The highest BCUT2D eigenvalue weighted by molar-refractivity contribution is 8.01. The lowest BCUT2D eigenvalue weighted by molar-refractivity contribution is -0.137. The highest BCUT2D eigenvalue weighted by Crippen LogP contribution is 2.31. The quantitative estimate of drug-likeness (QED) is 0.564. The number of benzene rings is 1. The van der Waals surface area contributed by atoms with Gasteiger partial charge in [0.2, 0.25) is 0 Å². The van der Waals surface area contributed by atoms with Gasteiger partial charge in [0.05, 0.1) is 13.6 Å². The summed E-state index contributed by atoms with van der Waals surface area (Å²) in [4.78, 5) is 0.912. The summed E-state index contributed by atoms with van der Waals surface area (Å²) in [5.74, 6) is 0. The summed E-state index contributed by atoms with van der Waals surface area (Å²) in [6.45, 7) is 6.72. The molecule has 0 amide bonds. The Hall–Kier alpha value is -0.423. The first kappa shape index (κ1) is 13.6. The molecule has 0 aliphatic rings. The summed E-state index contributed by atoms with van der Waals surface area (Å²) in [6, 6.07) is 5.39. The summed E-state index contributed by atoms with van der Waals surface area (Å²) < 4.78 is 36.9. The molecule has 1 aromatic rings. The van der Waals surface area contributed by atoms with Gasteiger partial charge in [-0.25, -0.2) is 0 Å². The largest absolute Gasteiger partial charge is 0.416 e.